The number of benzene rings is 1. The maximum atomic E-state index is 13.0. The van der Waals surface area contributed by atoms with Crippen molar-refractivity contribution in [2.24, 2.45) is 5.92 Å². The molecule has 2 aliphatic heterocycles. The predicted octanol–water partition coefficient (Wildman–Crippen LogP) is 4.97. The number of nitrogens with zero attached hydrogens (tertiary/aromatic N) is 3. The first-order chi connectivity index (χ1) is 16.6. The summed E-state index contributed by atoms with van der Waals surface area (Å²) in [6, 6.07) is 6.62. The minimum Gasteiger partial charge on any atom is -0.496 e. The lowest BCUT2D eigenvalue weighted by atomic mass is 10.0. The summed E-state index contributed by atoms with van der Waals surface area (Å²) in [5.74, 6) is 2.08. The maximum absolute atomic E-state index is 13.0. The van der Waals surface area contributed by atoms with Crippen LogP contribution in [0.1, 0.15) is 56.0 Å². The molecule has 3 fully saturated rings. The largest absolute Gasteiger partial charge is 0.496 e. The van der Waals surface area contributed by atoms with Crippen molar-refractivity contribution in [1.82, 2.24) is 14.1 Å². The zero-order chi connectivity index (χ0) is 23.5. The Balaban J connectivity index is 1.19. The van der Waals surface area contributed by atoms with E-state index in [4.69, 9.17) is 21.1 Å². The van der Waals surface area contributed by atoms with Gasteiger partial charge >= 0.3 is 0 Å². The van der Waals surface area contributed by atoms with Gasteiger partial charge in [-0.1, -0.05) is 17.7 Å². The Morgan fingerprint density at radius 1 is 1.24 bits per heavy atom. The first kappa shape index (κ1) is 24.0. The molecule has 1 aliphatic carbocycles. The molecule has 2 saturated heterocycles. The van der Waals surface area contributed by atoms with Crippen molar-refractivity contribution in [3.8, 4) is 5.75 Å². The van der Waals surface area contributed by atoms with Crippen molar-refractivity contribution in [1.29, 1.82) is 0 Å². The van der Waals surface area contributed by atoms with Gasteiger partial charge in [0.1, 0.15) is 10.8 Å². The molecule has 0 amide bonds. The Labute approximate surface area is 210 Å². The Kier molecular flexibility index (Phi) is 7.68. The second-order valence-corrected chi connectivity index (χ2v) is 11.0. The molecule has 0 spiro atoms. The van der Waals surface area contributed by atoms with Crippen LogP contribution in [-0.4, -0.2) is 54.0 Å². The van der Waals surface area contributed by atoms with E-state index in [1.54, 1.807) is 29.9 Å². The zero-order valence-corrected chi connectivity index (χ0v) is 21.2. The molecular formula is C25H33ClN4O3S. The molecule has 184 valence electrons. The van der Waals surface area contributed by atoms with Gasteiger partial charge in [0.2, 0.25) is 0 Å². The lowest BCUT2D eigenvalue weighted by Crippen LogP contribution is -2.36. The summed E-state index contributed by atoms with van der Waals surface area (Å²) >= 11 is 8.21. The summed E-state index contributed by atoms with van der Waals surface area (Å²) in [5.41, 5.74) is 1.81. The fourth-order valence-electron chi connectivity index (χ4n) is 4.80. The molecule has 1 aromatic heterocycles. The smallest absolute Gasteiger partial charge is 0.287 e. The minimum atomic E-state index is -0.212. The molecular weight excluding hydrogens is 472 g/mol. The molecule has 1 N–H and O–H groups in total. The molecule has 1 saturated carbocycles. The van der Waals surface area contributed by atoms with Gasteiger partial charge in [-0.25, -0.2) is 8.99 Å². The molecule has 5 rings (SSSR count). The van der Waals surface area contributed by atoms with Crippen LogP contribution >= 0.6 is 23.5 Å². The molecule has 34 heavy (non-hydrogen) atoms. The van der Waals surface area contributed by atoms with Gasteiger partial charge in [0.15, 0.2) is 0 Å². The third-order valence-electron chi connectivity index (χ3n) is 7.01. The summed E-state index contributed by atoms with van der Waals surface area (Å²) < 4.78 is 15.1. The zero-order valence-electron chi connectivity index (χ0n) is 19.7. The van der Waals surface area contributed by atoms with Gasteiger partial charge < -0.3 is 14.8 Å². The van der Waals surface area contributed by atoms with Crippen LogP contribution in [-0.2, 0) is 4.74 Å². The Morgan fingerprint density at radius 2 is 2.06 bits per heavy atom. The van der Waals surface area contributed by atoms with Crippen LogP contribution in [0, 0.1) is 5.92 Å². The highest BCUT2D eigenvalue weighted by Gasteiger charge is 2.27. The quantitative estimate of drug-likeness (QED) is 0.509. The van der Waals surface area contributed by atoms with E-state index in [-0.39, 0.29) is 16.6 Å². The summed E-state index contributed by atoms with van der Waals surface area (Å²) in [7, 11) is 1.73. The third kappa shape index (κ3) is 5.56. The number of anilines is 1. The van der Waals surface area contributed by atoms with Gasteiger partial charge in [-0.3, -0.25) is 4.79 Å². The number of aromatic nitrogens is 2. The van der Waals surface area contributed by atoms with Gasteiger partial charge in [0.05, 0.1) is 36.5 Å². The van der Waals surface area contributed by atoms with Crippen molar-refractivity contribution < 1.29 is 9.47 Å². The second-order valence-electron chi connectivity index (χ2n) is 9.52. The molecule has 2 aromatic rings. The highest BCUT2D eigenvalue weighted by Crippen LogP contribution is 2.44. The fourth-order valence-corrected chi connectivity index (χ4v) is 6.11. The predicted molar refractivity (Wildman–Crippen MR) is 136 cm³/mol. The number of methoxy groups -OCH3 is 1. The molecule has 9 heteroatoms. The van der Waals surface area contributed by atoms with Crippen LogP contribution in [0.15, 0.2) is 34.1 Å². The van der Waals surface area contributed by atoms with E-state index >= 15 is 0 Å². The number of ether oxygens (including phenoxy) is 2. The van der Waals surface area contributed by atoms with Crippen LogP contribution < -0.4 is 15.6 Å². The minimum absolute atomic E-state index is 0.0577. The number of piperidine rings is 1. The van der Waals surface area contributed by atoms with E-state index in [0.717, 1.165) is 64.3 Å². The first-order valence-corrected chi connectivity index (χ1v) is 13.5. The van der Waals surface area contributed by atoms with E-state index in [0.29, 0.717) is 17.5 Å². The lowest BCUT2D eigenvalue weighted by molar-refractivity contribution is 0.0595. The van der Waals surface area contributed by atoms with Crippen LogP contribution in [0.5, 0.6) is 5.75 Å². The van der Waals surface area contributed by atoms with Crippen LogP contribution in [0.4, 0.5) is 5.69 Å². The highest BCUT2D eigenvalue weighted by molar-refractivity contribution is 7.97. The van der Waals surface area contributed by atoms with E-state index in [9.17, 15) is 4.79 Å². The fraction of sp³-hybridized carbons (Fsp3) is 0.600. The monoisotopic (exact) mass is 504 g/mol. The Hall–Kier alpha value is -1.74. The third-order valence-corrected chi connectivity index (χ3v) is 8.52. The van der Waals surface area contributed by atoms with Crippen molar-refractivity contribution >= 4 is 29.2 Å². The normalized spacial score (nSPS) is 22.0. The molecule has 0 bridgehead atoms. The standard InChI is InChI=1S/C25H33ClN4O3S/c1-32-22-7-6-19(18-4-5-18)13-23(22)34-29-10-8-20(9-11-29)30-25(31)24(26)21(15-28-30)27-14-17-3-2-12-33-16-17/h6-7,13,15,17-18,20,27H,2-5,8-12,14,16H2,1H3. The van der Waals surface area contributed by atoms with E-state index in [1.165, 1.54) is 23.3 Å². The molecule has 3 heterocycles. The molecule has 1 unspecified atom stereocenters. The van der Waals surface area contributed by atoms with Crippen LogP contribution in [0.2, 0.25) is 5.02 Å². The van der Waals surface area contributed by atoms with Gasteiger partial charge in [-0.2, -0.15) is 5.10 Å². The molecule has 7 nitrogen and oxygen atoms in total. The summed E-state index contributed by atoms with van der Waals surface area (Å²) in [4.78, 5) is 14.1. The first-order valence-electron chi connectivity index (χ1n) is 12.3. The molecule has 3 aliphatic rings. The molecule has 0 radical (unpaired) electrons. The van der Waals surface area contributed by atoms with Crippen molar-refractivity contribution in [2.75, 3.05) is 45.3 Å². The van der Waals surface area contributed by atoms with Gasteiger partial charge in [-0.05, 0) is 80.0 Å². The average Bonchev–Trinajstić information content (AvgIpc) is 3.72. The highest BCUT2D eigenvalue weighted by atomic mass is 35.5. The van der Waals surface area contributed by atoms with E-state index in [2.05, 4.69) is 32.9 Å². The van der Waals surface area contributed by atoms with Crippen molar-refractivity contribution in [2.45, 2.75) is 55.4 Å². The SMILES string of the molecule is COc1ccc(C2CC2)cc1SN1CCC(n2ncc(NCC3CCCOC3)c(Cl)c2=O)CC1. The van der Waals surface area contributed by atoms with Crippen LogP contribution in [0.25, 0.3) is 0 Å². The average molecular weight is 505 g/mol. The van der Waals surface area contributed by atoms with Gasteiger partial charge in [-0.15, -0.1) is 0 Å². The number of rotatable bonds is 8. The maximum Gasteiger partial charge on any atom is 0.287 e. The van der Waals surface area contributed by atoms with E-state index < -0.39 is 0 Å². The van der Waals surface area contributed by atoms with Crippen molar-refractivity contribution in [3.63, 3.8) is 0 Å². The summed E-state index contributed by atoms with van der Waals surface area (Å²) in [6.45, 7) is 4.08. The Morgan fingerprint density at radius 3 is 2.76 bits per heavy atom. The number of hydrogen-bond acceptors (Lipinski definition) is 7. The summed E-state index contributed by atoms with van der Waals surface area (Å²) in [6.07, 6.45) is 8.19. The molecule has 1 aromatic carbocycles. The summed E-state index contributed by atoms with van der Waals surface area (Å²) in [5, 5.41) is 8.01. The Bertz CT molecular complexity index is 1050. The van der Waals surface area contributed by atoms with Crippen LogP contribution in [0.3, 0.4) is 0 Å². The van der Waals surface area contributed by atoms with E-state index in [1.807, 2.05) is 0 Å². The topological polar surface area (TPSA) is 68.6 Å². The number of hydrogen-bond donors (Lipinski definition) is 1. The number of nitrogens with one attached hydrogen (secondary N) is 1. The molecule has 1 atom stereocenters. The lowest BCUT2D eigenvalue weighted by Gasteiger charge is -2.31. The number of halogens is 1. The van der Waals surface area contributed by atoms with Gasteiger partial charge in [0.25, 0.3) is 5.56 Å². The van der Waals surface area contributed by atoms with Gasteiger partial charge in [0, 0.05) is 26.2 Å². The second kappa shape index (κ2) is 10.9. The van der Waals surface area contributed by atoms with Crippen molar-refractivity contribution in [3.05, 3.63) is 45.3 Å².